The molecule has 1 aliphatic carbocycles. The second-order valence-corrected chi connectivity index (χ2v) is 8.02. The predicted octanol–water partition coefficient (Wildman–Crippen LogP) is 4.47. The van der Waals surface area contributed by atoms with Crippen LogP contribution in [-0.4, -0.2) is 36.2 Å². The van der Waals surface area contributed by atoms with E-state index < -0.39 is 23.7 Å². The lowest BCUT2D eigenvalue weighted by atomic mass is 9.98. The molecule has 0 bridgehead atoms. The molecule has 1 aliphatic rings. The average Bonchev–Trinajstić information content (AvgIpc) is 2.97. The Kier molecular flexibility index (Phi) is 5.94. The standard InChI is InChI=1S/C22H24ClNO4/c1-22(2,3)28-20(25)19(12-23)24-21(26)27-13-18-16-10-6-4-8-14(16)15-9-5-7-11-17(15)18/h4-11,18-19H,12-13H2,1-3H3,(H,24,26). The van der Waals surface area contributed by atoms with Gasteiger partial charge >= 0.3 is 12.1 Å². The van der Waals surface area contributed by atoms with Crippen LogP contribution in [0.4, 0.5) is 4.79 Å². The molecule has 2 aromatic carbocycles. The maximum atomic E-state index is 12.3. The summed E-state index contributed by atoms with van der Waals surface area (Å²) in [6.45, 7) is 5.43. The van der Waals surface area contributed by atoms with Crippen LogP contribution in [0.3, 0.4) is 0 Å². The molecule has 3 rings (SSSR count). The normalized spacial score (nSPS) is 14.0. The first kappa shape index (κ1) is 20.2. The highest BCUT2D eigenvalue weighted by atomic mass is 35.5. The second kappa shape index (κ2) is 8.23. The van der Waals surface area contributed by atoms with Crippen LogP contribution in [0.2, 0.25) is 0 Å². The first-order valence-electron chi connectivity index (χ1n) is 9.20. The molecular weight excluding hydrogens is 378 g/mol. The Labute approximate surface area is 170 Å². The Bertz CT molecular complexity index is 829. The SMILES string of the molecule is CC(C)(C)OC(=O)C(CCl)NC(=O)OCC1c2ccccc2-c2ccccc21. The lowest BCUT2D eigenvalue weighted by Gasteiger charge is -2.23. The number of amides is 1. The van der Waals surface area contributed by atoms with Crippen LogP contribution >= 0.6 is 11.6 Å². The highest BCUT2D eigenvalue weighted by Gasteiger charge is 2.30. The number of hydrogen-bond donors (Lipinski definition) is 1. The van der Waals surface area contributed by atoms with Crippen molar-refractivity contribution < 1.29 is 19.1 Å². The Hall–Kier alpha value is -2.53. The number of nitrogens with one attached hydrogen (secondary N) is 1. The zero-order valence-electron chi connectivity index (χ0n) is 16.2. The summed E-state index contributed by atoms with van der Waals surface area (Å²) < 4.78 is 10.7. The number of fused-ring (bicyclic) bond motifs is 3. The van der Waals surface area contributed by atoms with Crippen molar-refractivity contribution in [3.63, 3.8) is 0 Å². The number of hydrogen-bond acceptors (Lipinski definition) is 4. The van der Waals surface area contributed by atoms with Gasteiger partial charge in [0.1, 0.15) is 18.2 Å². The first-order chi connectivity index (χ1) is 13.3. The van der Waals surface area contributed by atoms with Crippen molar-refractivity contribution in [1.82, 2.24) is 5.32 Å². The molecule has 0 spiro atoms. The topological polar surface area (TPSA) is 64.6 Å². The molecule has 5 nitrogen and oxygen atoms in total. The van der Waals surface area contributed by atoms with Gasteiger partial charge in [-0.1, -0.05) is 48.5 Å². The summed E-state index contributed by atoms with van der Waals surface area (Å²) in [7, 11) is 0. The van der Waals surface area contributed by atoms with Gasteiger partial charge in [-0.2, -0.15) is 0 Å². The smallest absolute Gasteiger partial charge is 0.407 e. The number of alkyl carbamates (subject to hydrolysis) is 1. The Morgan fingerprint density at radius 2 is 1.57 bits per heavy atom. The average molecular weight is 402 g/mol. The zero-order chi connectivity index (χ0) is 20.3. The highest BCUT2D eigenvalue weighted by molar-refractivity contribution is 6.19. The number of ether oxygens (including phenoxy) is 2. The fourth-order valence-corrected chi connectivity index (χ4v) is 3.52. The number of benzene rings is 2. The van der Waals surface area contributed by atoms with Crippen molar-refractivity contribution in [3.05, 3.63) is 59.7 Å². The summed E-state index contributed by atoms with van der Waals surface area (Å²) in [5, 5.41) is 2.49. The Morgan fingerprint density at radius 1 is 1.04 bits per heavy atom. The lowest BCUT2D eigenvalue weighted by molar-refractivity contribution is -0.156. The van der Waals surface area contributed by atoms with E-state index in [1.54, 1.807) is 20.8 Å². The quantitative estimate of drug-likeness (QED) is 0.592. The van der Waals surface area contributed by atoms with Gasteiger partial charge in [-0.3, -0.25) is 0 Å². The summed E-state index contributed by atoms with van der Waals surface area (Å²) in [5.41, 5.74) is 3.89. The highest BCUT2D eigenvalue weighted by Crippen LogP contribution is 2.44. The molecule has 1 atom stereocenters. The molecule has 0 fully saturated rings. The number of esters is 1. The fourth-order valence-electron chi connectivity index (χ4n) is 3.32. The number of alkyl halides is 1. The van der Waals surface area contributed by atoms with Crippen molar-refractivity contribution in [3.8, 4) is 11.1 Å². The molecule has 148 valence electrons. The van der Waals surface area contributed by atoms with Crippen LogP contribution in [0.25, 0.3) is 11.1 Å². The molecule has 0 saturated heterocycles. The van der Waals surface area contributed by atoms with Gasteiger partial charge in [0.05, 0.1) is 5.88 Å². The van der Waals surface area contributed by atoms with Crippen LogP contribution < -0.4 is 5.32 Å². The van der Waals surface area contributed by atoms with E-state index in [1.807, 2.05) is 36.4 Å². The van der Waals surface area contributed by atoms with Gasteiger partial charge in [0.15, 0.2) is 0 Å². The van der Waals surface area contributed by atoms with E-state index in [2.05, 4.69) is 17.4 Å². The molecular formula is C22H24ClNO4. The second-order valence-electron chi connectivity index (χ2n) is 7.71. The molecule has 28 heavy (non-hydrogen) atoms. The van der Waals surface area contributed by atoms with Gasteiger partial charge < -0.3 is 14.8 Å². The Balaban J connectivity index is 1.65. The van der Waals surface area contributed by atoms with Crippen LogP contribution in [0.5, 0.6) is 0 Å². The number of carbonyl (C=O) groups is 2. The maximum absolute atomic E-state index is 12.3. The van der Waals surface area contributed by atoms with Crippen LogP contribution in [0, 0.1) is 0 Å². The molecule has 6 heteroatoms. The molecule has 0 saturated carbocycles. The molecule has 1 amide bonds. The molecule has 0 heterocycles. The van der Waals surface area contributed by atoms with Gasteiger partial charge in [0, 0.05) is 5.92 Å². The van der Waals surface area contributed by atoms with Crippen molar-refractivity contribution in [1.29, 1.82) is 0 Å². The minimum Gasteiger partial charge on any atom is -0.458 e. The fraction of sp³-hybridized carbons (Fsp3) is 0.364. The van der Waals surface area contributed by atoms with E-state index in [4.69, 9.17) is 21.1 Å². The van der Waals surface area contributed by atoms with Crippen molar-refractivity contribution in [2.75, 3.05) is 12.5 Å². The summed E-state index contributed by atoms with van der Waals surface area (Å²) in [5.74, 6) is -0.732. The molecule has 2 aromatic rings. The monoisotopic (exact) mass is 401 g/mol. The van der Waals surface area contributed by atoms with Crippen molar-refractivity contribution in [2.24, 2.45) is 0 Å². The van der Waals surface area contributed by atoms with Crippen LogP contribution in [0.15, 0.2) is 48.5 Å². The van der Waals surface area contributed by atoms with Gasteiger partial charge in [0.2, 0.25) is 0 Å². The third-order valence-electron chi connectivity index (χ3n) is 4.48. The van der Waals surface area contributed by atoms with Crippen LogP contribution in [-0.2, 0) is 14.3 Å². The summed E-state index contributed by atoms with van der Waals surface area (Å²) in [6.07, 6.45) is -0.696. The minimum atomic E-state index is -0.962. The largest absolute Gasteiger partial charge is 0.458 e. The number of rotatable bonds is 5. The molecule has 0 radical (unpaired) electrons. The zero-order valence-corrected chi connectivity index (χ0v) is 17.0. The van der Waals surface area contributed by atoms with Gasteiger partial charge in [-0.25, -0.2) is 9.59 Å². The van der Waals surface area contributed by atoms with E-state index in [1.165, 1.54) is 0 Å². The predicted molar refractivity (Wildman–Crippen MR) is 109 cm³/mol. The summed E-state index contributed by atoms with van der Waals surface area (Å²) in [4.78, 5) is 24.4. The summed E-state index contributed by atoms with van der Waals surface area (Å²) in [6, 6.07) is 15.2. The third kappa shape index (κ3) is 4.47. The third-order valence-corrected chi connectivity index (χ3v) is 4.79. The van der Waals surface area contributed by atoms with Gasteiger partial charge in [-0.15, -0.1) is 11.6 Å². The molecule has 1 unspecified atom stereocenters. The molecule has 0 aliphatic heterocycles. The molecule has 1 N–H and O–H groups in total. The van der Waals surface area contributed by atoms with E-state index in [-0.39, 0.29) is 18.4 Å². The van der Waals surface area contributed by atoms with E-state index >= 15 is 0 Å². The first-order valence-corrected chi connectivity index (χ1v) is 9.74. The Morgan fingerprint density at radius 3 is 2.07 bits per heavy atom. The summed E-state index contributed by atoms with van der Waals surface area (Å²) >= 11 is 5.83. The van der Waals surface area contributed by atoms with E-state index in [0.717, 1.165) is 22.3 Å². The van der Waals surface area contributed by atoms with E-state index in [9.17, 15) is 9.59 Å². The van der Waals surface area contributed by atoms with Crippen molar-refractivity contribution >= 4 is 23.7 Å². The number of carbonyl (C=O) groups excluding carboxylic acids is 2. The van der Waals surface area contributed by atoms with Gasteiger partial charge in [0.25, 0.3) is 0 Å². The van der Waals surface area contributed by atoms with Gasteiger partial charge in [-0.05, 0) is 43.0 Å². The van der Waals surface area contributed by atoms with Crippen LogP contribution in [0.1, 0.15) is 37.8 Å². The lowest BCUT2D eigenvalue weighted by Crippen LogP contribution is -2.45. The van der Waals surface area contributed by atoms with E-state index in [0.29, 0.717) is 0 Å². The molecule has 0 aromatic heterocycles. The minimum absolute atomic E-state index is 0.0471. The maximum Gasteiger partial charge on any atom is 0.407 e. The van der Waals surface area contributed by atoms with Crippen molar-refractivity contribution in [2.45, 2.75) is 38.3 Å². The number of halogens is 1.